The van der Waals surface area contributed by atoms with Gasteiger partial charge in [-0.15, -0.1) is 0 Å². The maximum atomic E-state index is 13.1. The Kier molecular flexibility index (Phi) is 2.95. The molecule has 4 heteroatoms. The fraction of sp³-hybridized carbons (Fsp3) is 0.154. The minimum Gasteiger partial charge on any atom is -0.496 e. The van der Waals surface area contributed by atoms with E-state index in [1.54, 1.807) is 19.1 Å². The highest BCUT2D eigenvalue weighted by Gasteiger charge is 2.18. The molecule has 0 aliphatic heterocycles. The van der Waals surface area contributed by atoms with E-state index in [0.29, 0.717) is 11.5 Å². The molecule has 1 aromatic heterocycles. The van der Waals surface area contributed by atoms with E-state index in [1.165, 1.54) is 19.2 Å². The summed E-state index contributed by atoms with van der Waals surface area (Å²) in [6.07, 6.45) is 0. The van der Waals surface area contributed by atoms with Crippen molar-refractivity contribution in [3.05, 3.63) is 53.2 Å². The van der Waals surface area contributed by atoms with Crippen LogP contribution >= 0.6 is 0 Å². The number of ketones is 1. The Bertz CT molecular complexity index is 558. The average Bonchev–Trinajstić information content (AvgIpc) is 2.75. The second-order valence-corrected chi connectivity index (χ2v) is 3.58. The summed E-state index contributed by atoms with van der Waals surface area (Å²) >= 11 is 0. The third kappa shape index (κ3) is 2.20. The minimum atomic E-state index is -0.488. The summed E-state index contributed by atoms with van der Waals surface area (Å²) < 4.78 is 23.4. The minimum absolute atomic E-state index is 0.154. The van der Waals surface area contributed by atoms with Gasteiger partial charge in [0.1, 0.15) is 17.3 Å². The first-order chi connectivity index (χ1) is 8.11. The summed E-state index contributed by atoms with van der Waals surface area (Å²) in [6, 6.07) is 7.03. The highest BCUT2D eigenvalue weighted by Crippen LogP contribution is 2.23. The molecule has 0 radical (unpaired) electrons. The van der Waals surface area contributed by atoms with E-state index in [9.17, 15) is 9.18 Å². The van der Waals surface area contributed by atoms with Gasteiger partial charge >= 0.3 is 0 Å². The van der Waals surface area contributed by atoms with Crippen molar-refractivity contribution in [2.45, 2.75) is 6.92 Å². The van der Waals surface area contributed by atoms with Crippen molar-refractivity contribution < 1.29 is 18.3 Å². The molecule has 1 aromatic carbocycles. The predicted molar refractivity (Wildman–Crippen MR) is 59.8 cm³/mol. The number of halogens is 1. The number of furan rings is 1. The maximum Gasteiger partial charge on any atom is 0.232 e. The van der Waals surface area contributed by atoms with Gasteiger partial charge in [-0.3, -0.25) is 4.79 Å². The number of carbonyl (C=O) groups excluding carboxylic acids is 1. The molecule has 2 aromatic rings. The van der Waals surface area contributed by atoms with Crippen molar-refractivity contribution in [1.29, 1.82) is 0 Å². The second-order valence-electron chi connectivity index (χ2n) is 3.58. The van der Waals surface area contributed by atoms with Crippen molar-refractivity contribution in [3.8, 4) is 5.75 Å². The van der Waals surface area contributed by atoms with E-state index in [2.05, 4.69) is 0 Å². The van der Waals surface area contributed by atoms with Crippen LogP contribution in [0.5, 0.6) is 5.75 Å². The number of ether oxygens (including phenoxy) is 1. The van der Waals surface area contributed by atoms with E-state index in [4.69, 9.17) is 9.15 Å². The monoisotopic (exact) mass is 234 g/mol. The molecule has 88 valence electrons. The van der Waals surface area contributed by atoms with Crippen molar-refractivity contribution in [2.24, 2.45) is 0 Å². The molecule has 0 aliphatic rings. The lowest BCUT2D eigenvalue weighted by Gasteiger charge is -2.05. The zero-order valence-corrected chi connectivity index (χ0v) is 9.49. The first-order valence-corrected chi connectivity index (χ1v) is 5.06. The summed E-state index contributed by atoms with van der Waals surface area (Å²) in [4.78, 5) is 12.1. The van der Waals surface area contributed by atoms with Gasteiger partial charge in [-0.05, 0) is 37.3 Å². The molecule has 0 amide bonds. The summed E-state index contributed by atoms with van der Waals surface area (Å²) in [5, 5.41) is 0. The van der Waals surface area contributed by atoms with Gasteiger partial charge in [-0.2, -0.15) is 0 Å². The average molecular weight is 234 g/mol. The van der Waals surface area contributed by atoms with E-state index in [0.717, 1.165) is 6.07 Å². The smallest absolute Gasteiger partial charge is 0.232 e. The summed E-state index contributed by atoms with van der Waals surface area (Å²) in [7, 11) is 1.43. The van der Waals surface area contributed by atoms with Crippen molar-refractivity contribution >= 4 is 5.78 Å². The van der Waals surface area contributed by atoms with E-state index < -0.39 is 11.6 Å². The van der Waals surface area contributed by atoms with Crippen LogP contribution in [-0.4, -0.2) is 12.9 Å². The Labute approximate surface area is 97.8 Å². The van der Waals surface area contributed by atoms with Crippen LogP contribution in [0.2, 0.25) is 0 Å². The topological polar surface area (TPSA) is 39.4 Å². The Morgan fingerprint density at radius 3 is 2.65 bits per heavy atom. The Balaban J connectivity index is 2.46. The van der Waals surface area contributed by atoms with Gasteiger partial charge in [0.25, 0.3) is 0 Å². The Morgan fingerprint density at radius 2 is 2.06 bits per heavy atom. The first kappa shape index (κ1) is 11.4. The van der Waals surface area contributed by atoms with Gasteiger partial charge in [-0.25, -0.2) is 4.39 Å². The maximum absolute atomic E-state index is 13.1. The normalized spacial score (nSPS) is 10.3. The third-order valence-electron chi connectivity index (χ3n) is 2.37. The summed E-state index contributed by atoms with van der Waals surface area (Å²) in [6.45, 7) is 1.74. The van der Waals surface area contributed by atoms with E-state index in [1.807, 2.05) is 0 Å². The molecule has 0 saturated heterocycles. The largest absolute Gasteiger partial charge is 0.496 e. The molecule has 0 atom stereocenters. The van der Waals surface area contributed by atoms with Gasteiger partial charge in [0.15, 0.2) is 5.76 Å². The first-order valence-electron chi connectivity index (χ1n) is 5.06. The number of rotatable bonds is 3. The molecule has 3 nitrogen and oxygen atoms in total. The molecule has 2 rings (SSSR count). The second kappa shape index (κ2) is 4.41. The van der Waals surface area contributed by atoms with Crippen molar-refractivity contribution in [1.82, 2.24) is 0 Å². The SMILES string of the molecule is COc1ccc(F)cc1C(=O)c1ccc(C)o1. The summed E-state index contributed by atoms with van der Waals surface area (Å²) in [5.41, 5.74) is 0.154. The molecule has 0 bridgehead atoms. The molecular weight excluding hydrogens is 223 g/mol. The molecule has 0 unspecified atom stereocenters. The van der Waals surface area contributed by atoms with Crippen LogP contribution in [0.25, 0.3) is 0 Å². The third-order valence-corrected chi connectivity index (χ3v) is 2.37. The molecular formula is C13H11FO3. The standard InChI is InChI=1S/C13H11FO3/c1-8-3-5-12(17-8)13(15)10-7-9(14)4-6-11(10)16-2/h3-7H,1-2H3. The van der Waals surface area contributed by atoms with Crippen LogP contribution in [0, 0.1) is 12.7 Å². The van der Waals surface area contributed by atoms with Crippen LogP contribution in [0.4, 0.5) is 4.39 Å². The van der Waals surface area contributed by atoms with E-state index >= 15 is 0 Å². The van der Waals surface area contributed by atoms with Crippen LogP contribution < -0.4 is 4.74 Å². The van der Waals surface area contributed by atoms with Crippen LogP contribution in [0.15, 0.2) is 34.7 Å². The molecule has 0 fully saturated rings. The number of hydrogen-bond acceptors (Lipinski definition) is 3. The van der Waals surface area contributed by atoms with Crippen LogP contribution in [0.1, 0.15) is 21.9 Å². The molecule has 17 heavy (non-hydrogen) atoms. The molecule has 1 heterocycles. The quantitative estimate of drug-likeness (QED) is 0.766. The van der Waals surface area contributed by atoms with Gasteiger partial charge in [0, 0.05) is 0 Å². The molecule has 0 N–H and O–H groups in total. The van der Waals surface area contributed by atoms with Gasteiger partial charge in [0.05, 0.1) is 12.7 Å². The lowest BCUT2D eigenvalue weighted by molar-refractivity contribution is 0.100. The zero-order chi connectivity index (χ0) is 12.4. The van der Waals surface area contributed by atoms with Gasteiger partial charge < -0.3 is 9.15 Å². The zero-order valence-electron chi connectivity index (χ0n) is 9.49. The van der Waals surface area contributed by atoms with Crippen LogP contribution in [0.3, 0.4) is 0 Å². The fourth-order valence-corrected chi connectivity index (χ4v) is 1.55. The lowest BCUT2D eigenvalue weighted by Crippen LogP contribution is -2.03. The Morgan fingerprint density at radius 1 is 1.29 bits per heavy atom. The molecule has 0 saturated carbocycles. The van der Waals surface area contributed by atoms with Crippen LogP contribution in [-0.2, 0) is 0 Å². The molecule has 0 aliphatic carbocycles. The fourth-order valence-electron chi connectivity index (χ4n) is 1.55. The van der Waals surface area contributed by atoms with Gasteiger partial charge in [0.2, 0.25) is 5.78 Å². The number of carbonyl (C=O) groups is 1. The number of methoxy groups -OCH3 is 1. The van der Waals surface area contributed by atoms with Crippen molar-refractivity contribution in [3.63, 3.8) is 0 Å². The lowest BCUT2D eigenvalue weighted by atomic mass is 10.1. The number of aryl methyl sites for hydroxylation is 1. The predicted octanol–water partition coefficient (Wildman–Crippen LogP) is 2.97. The summed E-state index contributed by atoms with van der Waals surface area (Å²) in [5.74, 6) is 0.243. The van der Waals surface area contributed by atoms with E-state index in [-0.39, 0.29) is 11.3 Å². The Hall–Kier alpha value is -2.10. The molecule has 0 spiro atoms. The number of benzene rings is 1. The number of hydrogen-bond donors (Lipinski definition) is 0. The van der Waals surface area contributed by atoms with Crippen molar-refractivity contribution in [2.75, 3.05) is 7.11 Å². The van der Waals surface area contributed by atoms with Gasteiger partial charge in [-0.1, -0.05) is 0 Å². The highest BCUT2D eigenvalue weighted by molar-refractivity contribution is 6.09. The highest BCUT2D eigenvalue weighted by atomic mass is 19.1.